The Bertz CT molecular complexity index is 925. The average molecular weight is 363 g/mol. The van der Waals surface area contributed by atoms with E-state index in [-0.39, 0.29) is 19.3 Å². The molecule has 3 aromatic rings. The summed E-state index contributed by atoms with van der Waals surface area (Å²) in [5, 5.41) is 2.76. The molecule has 0 aromatic heterocycles. The number of carbonyl (C=O) groups excluding carboxylic acids is 1. The summed E-state index contributed by atoms with van der Waals surface area (Å²) in [6, 6.07) is 21.8. The largest absolute Gasteiger partial charge is 0.484 e. The molecule has 0 radical (unpaired) electrons. The van der Waals surface area contributed by atoms with Crippen LogP contribution in [0.3, 0.4) is 0 Å². The Kier molecular flexibility index (Phi) is 4.78. The highest BCUT2D eigenvalue weighted by Crippen LogP contribution is 2.34. The number of hydrogen-bond acceptors (Lipinski definition) is 5. The van der Waals surface area contributed by atoms with Gasteiger partial charge in [-0.15, -0.1) is 0 Å². The quantitative estimate of drug-likeness (QED) is 0.710. The smallest absolute Gasteiger partial charge is 0.262 e. The lowest BCUT2D eigenvalue weighted by Gasteiger charge is -2.09. The van der Waals surface area contributed by atoms with E-state index in [0.29, 0.717) is 28.7 Å². The number of nitrogens with one attached hydrogen (secondary N) is 1. The molecular weight excluding hydrogens is 346 g/mol. The molecule has 136 valence electrons. The minimum Gasteiger partial charge on any atom is -0.484 e. The van der Waals surface area contributed by atoms with Crippen LogP contribution in [0.15, 0.2) is 72.8 Å². The van der Waals surface area contributed by atoms with Crippen molar-refractivity contribution in [1.82, 2.24) is 0 Å². The maximum atomic E-state index is 12.1. The Hall–Kier alpha value is -3.67. The summed E-state index contributed by atoms with van der Waals surface area (Å²) in [5.41, 5.74) is 0.624. The van der Waals surface area contributed by atoms with Crippen molar-refractivity contribution < 1.29 is 23.7 Å². The molecule has 0 spiro atoms. The first-order valence-corrected chi connectivity index (χ1v) is 8.41. The van der Waals surface area contributed by atoms with E-state index >= 15 is 0 Å². The molecule has 27 heavy (non-hydrogen) atoms. The molecule has 1 amide bonds. The molecule has 0 bridgehead atoms. The van der Waals surface area contributed by atoms with Gasteiger partial charge in [0.05, 0.1) is 0 Å². The molecule has 0 aliphatic carbocycles. The third-order valence-corrected chi connectivity index (χ3v) is 3.83. The fourth-order valence-electron chi connectivity index (χ4n) is 2.55. The minimum atomic E-state index is -0.265. The maximum absolute atomic E-state index is 12.1. The fourth-order valence-corrected chi connectivity index (χ4v) is 2.55. The number of carbonyl (C=O) groups is 1. The predicted octanol–water partition coefficient (Wildman–Crippen LogP) is 4.23. The second-order valence-corrected chi connectivity index (χ2v) is 5.79. The van der Waals surface area contributed by atoms with Gasteiger partial charge in [0.25, 0.3) is 5.91 Å². The summed E-state index contributed by atoms with van der Waals surface area (Å²) in [6.07, 6.45) is 0. The zero-order valence-electron chi connectivity index (χ0n) is 14.4. The number of anilines is 1. The molecule has 1 aliphatic rings. The van der Waals surface area contributed by atoms with E-state index in [2.05, 4.69) is 5.32 Å². The van der Waals surface area contributed by atoms with Crippen LogP contribution in [0.1, 0.15) is 0 Å². The third-order valence-electron chi connectivity index (χ3n) is 3.83. The van der Waals surface area contributed by atoms with Crippen LogP contribution in [0, 0.1) is 0 Å². The van der Waals surface area contributed by atoms with E-state index in [1.165, 1.54) is 0 Å². The molecule has 0 unspecified atom stereocenters. The molecule has 4 rings (SSSR count). The van der Waals surface area contributed by atoms with Gasteiger partial charge >= 0.3 is 0 Å². The topological polar surface area (TPSA) is 66.0 Å². The predicted molar refractivity (Wildman–Crippen MR) is 99.6 cm³/mol. The Balaban J connectivity index is 1.28. The SMILES string of the molecule is O=C(COc1ccc(Oc2ccccc2)cc1)Nc1ccc2c(c1)OCO2. The zero-order chi connectivity index (χ0) is 18.5. The highest BCUT2D eigenvalue weighted by atomic mass is 16.7. The van der Waals surface area contributed by atoms with Crippen molar-refractivity contribution in [2.75, 3.05) is 18.7 Å². The molecule has 1 heterocycles. The lowest BCUT2D eigenvalue weighted by atomic mass is 10.3. The minimum absolute atomic E-state index is 0.104. The van der Waals surface area contributed by atoms with E-state index in [0.717, 1.165) is 5.75 Å². The van der Waals surface area contributed by atoms with Gasteiger partial charge in [-0.1, -0.05) is 18.2 Å². The zero-order valence-corrected chi connectivity index (χ0v) is 14.4. The van der Waals surface area contributed by atoms with Crippen LogP contribution in [0.25, 0.3) is 0 Å². The van der Waals surface area contributed by atoms with Crippen LogP contribution in [0.5, 0.6) is 28.7 Å². The van der Waals surface area contributed by atoms with Gasteiger partial charge in [0.15, 0.2) is 18.1 Å². The number of benzene rings is 3. The molecule has 1 N–H and O–H groups in total. The van der Waals surface area contributed by atoms with Crippen LogP contribution < -0.4 is 24.3 Å². The van der Waals surface area contributed by atoms with E-state index < -0.39 is 0 Å². The lowest BCUT2D eigenvalue weighted by molar-refractivity contribution is -0.118. The molecule has 6 heteroatoms. The summed E-state index contributed by atoms with van der Waals surface area (Å²) in [7, 11) is 0. The van der Waals surface area contributed by atoms with Crippen LogP contribution in [0.4, 0.5) is 5.69 Å². The van der Waals surface area contributed by atoms with Crippen LogP contribution in [0.2, 0.25) is 0 Å². The number of para-hydroxylation sites is 1. The number of hydrogen-bond donors (Lipinski definition) is 1. The van der Waals surface area contributed by atoms with Crippen molar-refractivity contribution in [2.45, 2.75) is 0 Å². The molecule has 0 saturated carbocycles. The Labute approximate surface area is 156 Å². The van der Waals surface area contributed by atoms with Gasteiger partial charge in [-0.2, -0.15) is 0 Å². The second kappa shape index (κ2) is 7.70. The van der Waals surface area contributed by atoms with Gasteiger partial charge in [0.2, 0.25) is 6.79 Å². The highest BCUT2D eigenvalue weighted by Gasteiger charge is 2.14. The summed E-state index contributed by atoms with van der Waals surface area (Å²) in [4.78, 5) is 12.1. The number of rotatable bonds is 6. The number of ether oxygens (including phenoxy) is 4. The van der Waals surface area contributed by atoms with Crippen molar-refractivity contribution in [2.24, 2.45) is 0 Å². The van der Waals surface area contributed by atoms with E-state index in [4.69, 9.17) is 18.9 Å². The second-order valence-electron chi connectivity index (χ2n) is 5.79. The first-order chi connectivity index (χ1) is 13.3. The number of amides is 1. The van der Waals surface area contributed by atoms with Crippen molar-refractivity contribution >= 4 is 11.6 Å². The normalized spacial score (nSPS) is 11.7. The summed E-state index contributed by atoms with van der Waals surface area (Å²) in [6.45, 7) is 0.0904. The molecule has 3 aromatic carbocycles. The monoisotopic (exact) mass is 363 g/mol. The number of fused-ring (bicyclic) bond motifs is 1. The Morgan fingerprint density at radius 3 is 2.37 bits per heavy atom. The van der Waals surface area contributed by atoms with Crippen molar-refractivity contribution in [3.63, 3.8) is 0 Å². The first kappa shape index (κ1) is 16.8. The molecule has 0 saturated heterocycles. The average Bonchev–Trinajstić information content (AvgIpc) is 3.16. The molecule has 1 aliphatic heterocycles. The molecule has 0 fully saturated rings. The summed E-state index contributed by atoms with van der Waals surface area (Å²) >= 11 is 0. The Morgan fingerprint density at radius 2 is 1.56 bits per heavy atom. The van der Waals surface area contributed by atoms with Crippen LogP contribution in [-0.2, 0) is 4.79 Å². The molecular formula is C21H17NO5. The van der Waals surface area contributed by atoms with E-state index in [1.807, 2.05) is 30.3 Å². The van der Waals surface area contributed by atoms with Gasteiger partial charge < -0.3 is 24.3 Å². The molecule has 6 nitrogen and oxygen atoms in total. The first-order valence-electron chi connectivity index (χ1n) is 8.41. The van der Waals surface area contributed by atoms with Crippen molar-refractivity contribution in [1.29, 1.82) is 0 Å². The van der Waals surface area contributed by atoms with Gasteiger partial charge in [0, 0.05) is 11.8 Å². The Morgan fingerprint density at radius 1 is 0.852 bits per heavy atom. The third kappa shape index (κ3) is 4.30. The van der Waals surface area contributed by atoms with E-state index in [1.54, 1.807) is 42.5 Å². The van der Waals surface area contributed by atoms with E-state index in [9.17, 15) is 4.79 Å². The lowest BCUT2D eigenvalue weighted by Crippen LogP contribution is -2.20. The molecule has 0 atom stereocenters. The van der Waals surface area contributed by atoms with Crippen molar-refractivity contribution in [3.05, 3.63) is 72.8 Å². The van der Waals surface area contributed by atoms with Crippen LogP contribution >= 0.6 is 0 Å². The van der Waals surface area contributed by atoms with Crippen LogP contribution in [-0.4, -0.2) is 19.3 Å². The summed E-state index contributed by atoms with van der Waals surface area (Å²) in [5.74, 6) is 3.05. The van der Waals surface area contributed by atoms with Gasteiger partial charge in [-0.3, -0.25) is 4.79 Å². The van der Waals surface area contributed by atoms with Gasteiger partial charge in [-0.25, -0.2) is 0 Å². The summed E-state index contributed by atoms with van der Waals surface area (Å²) < 4.78 is 21.8. The van der Waals surface area contributed by atoms with Crippen molar-refractivity contribution in [3.8, 4) is 28.7 Å². The standard InChI is InChI=1S/C21H17NO5/c23-21(22-15-6-11-19-20(12-15)26-14-25-19)13-24-16-7-9-18(10-8-16)27-17-4-2-1-3-5-17/h1-12H,13-14H2,(H,22,23). The highest BCUT2D eigenvalue weighted by molar-refractivity contribution is 5.92. The maximum Gasteiger partial charge on any atom is 0.262 e. The van der Waals surface area contributed by atoms with Gasteiger partial charge in [-0.05, 0) is 48.5 Å². The fraction of sp³-hybridized carbons (Fsp3) is 0.0952. The van der Waals surface area contributed by atoms with Gasteiger partial charge in [0.1, 0.15) is 17.2 Å².